The number of rotatable bonds is 7. The number of methoxy groups -OCH3 is 1. The molecule has 0 fully saturated rings. The molecule has 0 saturated heterocycles. The molecule has 0 heterocycles. The van der Waals surface area contributed by atoms with Crippen molar-refractivity contribution in [2.45, 2.75) is 27.7 Å². The number of amides is 2. The number of ether oxygens (including phenoxy) is 2. The Morgan fingerprint density at radius 2 is 1.57 bits per heavy atom. The molecular weight excluding hydrogens is 360 g/mol. The average Bonchev–Trinajstić information content (AvgIpc) is 2.64. The van der Waals surface area contributed by atoms with Crippen molar-refractivity contribution >= 4 is 23.2 Å². The Morgan fingerprint density at radius 3 is 2.11 bits per heavy atom. The number of carbonyl (C=O) groups excluding carboxylic acids is 2. The second-order valence-electron chi connectivity index (χ2n) is 6.85. The first kappa shape index (κ1) is 21.1. The Morgan fingerprint density at radius 1 is 0.964 bits per heavy atom. The van der Waals surface area contributed by atoms with Crippen molar-refractivity contribution in [1.29, 1.82) is 0 Å². The van der Waals surface area contributed by atoms with Crippen molar-refractivity contribution in [3.63, 3.8) is 0 Å². The van der Waals surface area contributed by atoms with Gasteiger partial charge >= 0.3 is 0 Å². The number of phenols is 1. The lowest BCUT2D eigenvalue weighted by Crippen LogP contribution is -2.24. The lowest BCUT2D eigenvalue weighted by molar-refractivity contribution is -0.120. The maximum atomic E-state index is 12.5. The first-order chi connectivity index (χ1) is 13.2. The summed E-state index contributed by atoms with van der Waals surface area (Å²) in [7, 11) is 1.57. The lowest BCUT2D eigenvalue weighted by Gasteiger charge is -2.19. The molecule has 0 aliphatic heterocycles. The van der Waals surface area contributed by atoms with Gasteiger partial charge in [0.15, 0.2) is 5.75 Å². The molecule has 2 amide bonds. The van der Waals surface area contributed by atoms with Gasteiger partial charge in [-0.3, -0.25) is 9.59 Å². The van der Waals surface area contributed by atoms with E-state index >= 15 is 0 Å². The van der Waals surface area contributed by atoms with Crippen molar-refractivity contribution < 1.29 is 24.2 Å². The molecule has 0 aromatic heterocycles. The standard InChI is InChI=1S/C21H26N2O5/c1-12(2)13(3)21(26)23-18-10-19(25)17(22-14(4)24)11-20(18)28-16-8-6-15(27-5)7-9-16/h6-13,25H,1-5H3,(H,22,24)(H,23,26). The van der Waals surface area contributed by atoms with E-state index in [1.807, 2.05) is 20.8 Å². The zero-order valence-electron chi connectivity index (χ0n) is 16.7. The van der Waals surface area contributed by atoms with Crippen LogP contribution < -0.4 is 20.1 Å². The molecule has 0 radical (unpaired) electrons. The van der Waals surface area contributed by atoms with E-state index in [0.29, 0.717) is 17.2 Å². The van der Waals surface area contributed by atoms with Gasteiger partial charge in [0.2, 0.25) is 11.8 Å². The van der Waals surface area contributed by atoms with Gasteiger partial charge in [0, 0.05) is 25.0 Å². The molecule has 3 N–H and O–H groups in total. The number of hydrogen-bond donors (Lipinski definition) is 3. The van der Waals surface area contributed by atoms with Crippen LogP contribution in [0.4, 0.5) is 11.4 Å². The molecule has 7 heteroatoms. The van der Waals surface area contributed by atoms with Gasteiger partial charge in [-0.25, -0.2) is 0 Å². The topological polar surface area (TPSA) is 96.9 Å². The van der Waals surface area contributed by atoms with Crippen LogP contribution in [0.2, 0.25) is 0 Å². The van der Waals surface area contributed by atoms with Gasteiger partial charge in [0.1, 0.15) is 17.2 Å². The summed E-state index contributed by atoms with van der Waals surface area (Å²) in [5.74, 6) is 0.686. The molecule has 2 aromatic rings. The van der Waals surface area contributed by atoms with Crippen LogP contribution in [0.1, 0.15) is 27.7 Å². The number of carbonyl (C=O) groups is 2. The highest BCUT2D eigenvalue weighted by Gasteiger charge is 2.20. The summed E-state index contributed by atoms with van der Waals surface area (Å²) in [6.07, 6.45) is 0. The van der Waals surface area contributed by atoms with Crippen molar-refractivity contribution in [2.75, 3.05) is 17.7 Å². The Balaban J connectivity index is 2.39. The summed E-state index contributed by atoms with van der Waals surface area (Å²) < 4.78 is 11.0. The van der Waals surface area contributed by atoms with E-state index in [9.17, 15) is 14.7 Å². The van der Waals surface area contributed by atoms with Crippen LogP contribution in [0.5, 0.6) is 23.0 Å². The molecule has 0 spiro atoms. The molecule has 2 aromatic carbocycles. The summed E-state index contributed by atoms with van der Waals surface area (Å²) in [4.78, 5) is 23.9. The number of benzene rings is 2. The third-order valence-electron chi connectivity index (χ3n) is 4.37. The monoisotopic (exact) mass is 386 g/mol. The van der Waals surface area contributed by atoms with Crippen molar-refractivity contribution in [2.24, 2.45) is 11.8 Å². The average molecular weight is 386 g/mol. The van der Waals surface area contributed by atoms with Crippen LogP contribution in [0.15, 0.2) is 36.4 Å². The predicted octanol–water partition coefficient (Wildman–Crippen LogP) is 4.38. The van der Waals surface area contributed by atoms with Crippen LogP contribution in [-0.2, 0) is 9.59 Å². The Labute approximate surface area is 164 Å². The molecule has 2 rings (SSSR count). The molecule has 0 aliphatic carbocycles. The van der Waals surface area contributed by atoms with Crippen molar-refractivity contribution in [3.8, 4) is 23.0 Å². The van der Waals surface area contributed by atoms with Gasteiger partial charge in [-0.1, -0.05) is 20.8 Å². The Kier molecular flexibility index (Phi) is 6.87. The molecule has 1 unspecified atom stereocenters. The summed E-state index contributed by atoms with van der Waals surface area (Å²) in [5, 5.41) is 15.6. The Hall–Kier alpha value is -3.22. The minimum atomic E-state index is -0.337. The zero-order valence-corrected chi connectivity index (χ0v) is 16.7. The minimum Gasteiger partial charge on any atom is -0.506 e. The van der Waals surface area contributed by atoms with Gasteiger partial charge in [0.25, 0.3) is 0 Å². The van der Waals surface area contributed by atoms with E-state index in [4.69, 9.17) is 9.47 Å². The fourth-order valence-electron chi connectivity index (χ4n) is 2.36. The quantitative estimate of drug-likeness (QED) is 0.614. The first-order valence-electron chi connectivity index (χ1n) is 8.98. The molecule has 7 nitrogen and oxygen atoms in total. The third-order valence-corrected chi connectivity index (χ3v) is 4.37. The van der Waals surface area contributed by atoms with Crippen LogP contribution in [0.25, 0.3) is 0 Å². The summed E-state index contributed by atoms with van der Waals surface area (Å²) >= 11 is 0. The number of anilines is 2. The molecule has 28 heavy (non-hydrogen) atoms. The van der Waals surface area contributed by atoms with Gasteiger partial charge < -0.3 is 25.2 Å². The maximum Gasteiger partial charge on any atom is 0.227 e. The van der Waals surface area contributed by atoms with Crippen molar-refractivity contribution in [3.05, 3.63) is 36.4 Å². The Bertz CT molecular complexity index is 847. The number of hydrogen-bond acceptors (Lipinski definition) is 5. The van der Waals surface area contributed by atoms with Gasteiger partial charge in [-0.15, -0.1) is 0 Å². The summed E-state index contributed by atoms with van der Waals surface area (Å²) in [6, 6.07) is 9.73. The molecule has 0 bridgehead atoms. The smallest absolute Gasteiger partial charge is 0.227 e. The summed E-state index contributed by atoms with van der Waals surface area (Å²) in [5.41, 5.74) is 0.492. The lowest BCUT2D eigenvalue weighted by atomic mass is 9.97. The maximum absolute atomic E-state index is 12.5. The van der Waals surface area contributed by atoms with E-state index in [1.54, 1.807) is 31.4 Å². The molecule has 150 valence electrons. The molecule has 0 aliphatic rings. The van der Waals surface area contributed by atoms with Crippen molar-refractivity contribution in [1.82, 2.24) is 0 Å². The predicted molar refractivity (Wildman–Crippen MR) is 108 cm³/mol. The van der Waals surface area contributed by atoms with Gasteiger partial charge in [0.05, 0.1) is 18.5 Å². The molecule has 0 saturated carbocycles. The third kappa shape index (κ3) is 5.39. The van der Waals surface area contributed by atoms with Gasteiger partial charge in [-0.2, -0.15) is 0 Å². The second kappa shape index (κ2) is 9.12. The highest BCUT2D eigenvalue weighted by molar-refractivity contribution is 5.96. The molecular formula is C21H26N2O5. The normalized spacial score (nSPS) is 11.6. The van der Waals surface area contributed by atoms with Gasteiger partial charge in [-0.05, 0) is 30.2 Å². The highest BCUT2D eigenvalue weighted by atomic mass is 16.5. The first-order valence-corrected chi connectivity index (χ1v) is 8.98. The van der Waals surface area contributed by atoms with Crippen LogP contribution in [-0.4, -0.2) is 24.0 Å². The van der Waals surface area contributed by atoms with E-state index in [-0.39, 0.29) is 40.8 Å². The SMILES string of the molecule is COc1ccc(Oc2cc(NC(C)=O)c(O)cc2NC(=O)C(C)C(C)C)cc1. The van der Waals surface area contributed by atoms with Crippen LogP contribution in [0, 0.1) is 11.8 Å². The van der Waals surface area contributed by atoms with E-state index in [0.717, 1.165) is 0 Å². The zero-order chi connectivity index (χ0) is 20.8. The molecule has 1 atom stereocenters. The second-order valence-corrected chi connectivity index (χ2v) is 6.85. The number of nitrogens with one attached hydrogen (secondary N) is 2. The van der Waals surface area contributed by atoms with E-state index in [2.05, 4.69) is 10.6 Å². The van der Waals surface area contributed by atoms with E-state index in [1.165, 1.54) is 19.1 Å². The fraction of sp³-hybridized carbons (Fsp3) is 0.333. The summed E-state index contributed by atoms with van der Waals surface area (Å²) in [6.45, 7) is 7.08. The highest BCUT2D eigenvalue weighted by Crippen LogP contribution is 2.39. The van der Waals surface area contributed by atoms with Crippen LogP contribution in [0.3, 0.4) is 0 Å². The number of aromatic hydroxyl groups is 1. The minimum absolute atomic E-state index is 0.151. The van der Waals surface area contributed by atoms with Crippen LogP contribution >= 0.6 is 0 Å². The fourth-order valence-corrected chi connectivity index (χ4v) is 2.36. The number of phenolic OH excluding ortho intramolecular Hbond substituents is 1. The largest absolute Gasteiger partial charge is 0.506 e. The van der Waals surface area contributed by atoms with E-state index < -0.39 is 0 Å².